The molecule has 1 fully saturated rings. The SMILES string of the molecule is C[C@@H](COCCC(=O)N1C[C@H](C)N(C(=O)OC(C)(C)C)C[C@@H]1C)Nc1cn[nH]c(=O)c1C(F)(F)F. The number of hydrogen-bond acceptors (Lipinski definition) is 7. The third-order valence-electron chi connectivity index (χ3n) is 5.30. The second-order valence-electron chi connectivity index (χ2n) is 9.73. The van der Waals surface area contributed by atoms with E-state index in [1.54, 1.807) is 42.6 Å². The Morgan fingerprint density at radius 1 is 1.20 bits per heavy atom. The number of piperazine rings is 1. The lowest BCUT2D eigenvalue weighted by molar-refractivity contribution is -0.139. The number of H-pyrrole nitrogens is 1. The number of nitrogens with one attached hydrogen (secondary N) is 2. The first-order chi connectivity index (χ1) is 16.1. The summed E-state index contributed by atoms with van der Waals surface area (Å²) in [5.74, 6) is -0.146. The highest BCUT2D eigenvalue weighted by Gasteiger charge is 2.38. The first-order valence-corrected chi connectivity index (χ1v) is 11.4. The molecule has 0 saturated carbocycles. The number of halogens is 3. The third kappa shape index (κ3) is 8.11. The highest BCUT2D eigenvalue weighted by molar-refractivity contribution is 5.77. The van der Waals surface area contributed by atoms with Gasteiger partial charge in [-0.15, -0.1) is 0 Å². The molecule has 2 rings (SSSR count). The molecule has 198 valence electrons. The number of ether oxygens (including phenoxy) is 2. The van der Waals surface area contributed by atoms with E-state index in [4.69, 9.17) is 9.47 Å². The van der Waals surface area contributed by atoms with Gasteiger partial charge in [-0.25, -0.2) is 9.89 Å². The fraction of sp³-hybridized carbons (Fsp3) is 0.727. The summed E-state index contributed by atoms with van der Waals surface area (Å²) < 4.78 is 50.3. The van der Waals surface area contributed by atoms with Crippen LogP contribution in [0.5, 0.6) is 0 Å². The maximum Gasteiger partial charge on any atom is 0.423 e. The van der Waals surface area contributed by atoms with Crippen LogP contribution in [0.1, 0.15) is 53.5 Å². The van der Waals surface area contributed by atoms with Gasteiger partial charge in [-0.05, 0) is 41.5 Å². The zero-order valence-electron chi connectivity index (χ0n) is 20.9. The number of carbonyl (C=O) groups is 2. The van der Waals surface area contributed by atoms with Crippen molar-refractivity contribution in [3.63, 3.8) is 0 Å². The van der Waals surface area contributed by atoms with E-state index in [1.807, 2.05) is 13.8 Å². The molecule has 1 aromatic rings. The number of nitrogens with zero attached hydrogens (tertiary/aromatic N) is 3. The Morgan fingerprint density at radius 3 is 2.40 bits per heavy atom. The van der Waals surface area contributed by atoms with Crippen molar-refractivity contribution in [1.82, 2.24) is 20.0 Å². The number of anilines is 1. The normalized spacial score (nSPS) is 19.9. The first kappa shape index (κ1) is 28.4. The average molecular weight is 506 g/mol. The van der Waals surface area contributed by atoms with Gasteiger partial charge in [-0.2, -0.15) is 18.3 Å². The molecule has 1 saturated heterocycles. The minimum Gasteiger partial charge on any atom is -0.444 e. The summed E-state index contributed by atoms with van der Waals surface area (Å²) in [6.07, 6.45) is -4.29. The van der Waals surface area contributed by atoms with Crippen LogP contribution in [0.15, 0.2) is 11.0 Å². The lowest BCUT2D eigenvalue weighted by Gasteiger charge is -2.44. The van der Waals surface area contributed by atoms with Crippen molar-refractivity contribution in [3.8, 4) is 0 Å². The topological polar surface area (TPSA) is 117 Å². The summed E-state index contributed by atoms with van der Waals surface area (Å²) in [7, 11) is 0. The van der Waals surface area contributed by atoms with Crippen molar-refractivity contribution in [1.29, 1.82) is 0 Å². The van der Waals surface area contributed by atoms with Crippen LogP contribution in [0.25, 0.3) is 0 Å². The van der Waals surface area contributed by atoms with Crippen LogP contribution >= 0.6 is 0 Å². The zero-order chi connectivity index (χ0) is 26.6. The quantitative estimate of drug-likeness (QED) is 0.548. The van der Waals surface area contributed by atoms with Gasteiger partial charge >= 0.3 is 12.3 Å². The maximum absolute atomic E-state index is 13.1. The van der Waals surface area contributed by atoms with E-state index in [-0.39, 0.29) is 37.6 Å². The van der Waals surface area contributed by atoms with Crippen LogP contribution in [0.3, 0.4) is 0 Å². The lowest BCUT2D eigenvalue weighted by Crippen LogP contribution is -2.60. The Morgan fingerprint density at radius 2 is 1.80 bits per heavy atom. The minimum atomic E-state index is -4.84. The van der Waals surface area contributed by atoms with Gasteiger partial charge in [0.05, 0.1) is 31.5 Å². The highest BCUT2D eigenvalue weighted by Crippen LogP contribution is 2.31. The largest absolute Gasteiger partial charge is 0.444 e. The molecule has 1 aliphatic rings. The van der Waals surface area contributed by atoms with E-state index in [0.29, 0.717) is 13.1 Å². The molecule has 35 heavy (non-hydrogen) atoms. The summed E-state index contributed by atoms with van der Waals surface area (Å²) in [6.45, 7) is 11.4. The summed E-state index contributed by atoms with van der Waals surface area (Å²) >= 11 is 0. The second-order valence-corrected chi connectivity index (χ2v) is 9.73. The molecule has 2 heterocycles. The molecule has 0 bridgehead atoms. The molecule has 0 radical (unpaired) electrons. The molecule has 0 spiro atoms. The number of hydrogen-bond donors (Lipinski definition) is 2. The van der Waals surface area contributed by atoms with Crippen molar-refractivity contribution >= 4 is 17.7 Å². The van der Waals surface area contributed by atoms with Crippen LogP contribution in [-0.4, -0.2) is 82.0 Å². The van der Waals surface area contributed by atoms with Crippen molar-refractivity contribution in [3.05, 3.63) is 22.1 Å². The number of amides is 2. The molecule has 0 aromatic carbocycles. The summed E-state index contributed by atoms with van der Waals surface area (Å²) in [5, 5.41) is 7.76. The Bertz CT molecular complexity index is 947. The molecule has 0 unspecified atom stereocenters. The number of rotatable bonds is 7. The van der Waals surface area contributed by atoms with Crippen LogP contribution < -0.4 is 10.9 Å². The predicted molar refractivity (Wildman–Crippen MR) is 122 cm³/mol. The molecule has 2 N–H and O–H groups in total. The fourth-order valence-electron chi connectivity index (χ4n) is 3.71. The molecule has 13 heteroatoms. The van der Waals surface area contributed by atoms with E-state index < -0.39 is 40.7 Å². The van der Waals surface area contributed by atoms with Crippen molar-refractivity contribution < 1.29 is 32.2 Å². The lowest BCUT2D eigenvalue weighted by atomic mass is 10.1. The predicted octanol–water partition coefficient (Wildman–Crippen LogP) is 2.85. The van der Waals surface area contributed by atoms with Gasteiger partial charge in [0.2, 0.25) is 5.91 Å². The Labute approximate surface area is 202 Å². The van der Waals surface area contributed by atoms with Gasteiger partial charge in [0.15, 0.2) is 0 Å². The van der Waals surface area contributed by atoms with E-state index >= 15 is 0 Å². The van der Waals surface area contributed by atoms with Crippen LogP contribution in [-0.2, 0) is 20.4 Å². The molecule has 2 amide bonds. The molecular formula is C22H34F3N5O5. The minimum absolute atomic E-state index is 0.00968. The molecule has 0 aliphatic carbocycles. The molecule has 1 aromatic heterocycles. The van der Waals surface area contributed by atoms with Gasteiger partial charge in [0.25, 0.3) is 5.56 Å². The van der Waals surface area contributed by atoms with Crippen LogP contribution in [0.4, 0.5) is 23.7 Å². The van der Waals surface area contributed by atoms with Gasteiger partial charge in [-0.1, -0.05) is 0 Å². The number of carbonyl (C=O) groups excluding carboxylic acids is 2. The average Bonchev–Trinajstić information content (AvgIpc) is 2.70. The van der Waals surface area contributed by atoms with E-state index in [1.165, 1.54) is 0 Å². The van der Waals surface area contributed by atoms with Gasteiger partial charge in [-0.3, -0.25) is 9.59 Å². The molecule has 10 nitrogen and oxygen atoms in total. The standard InChI is InChI=1S/C22H34F3N5O5/c1-13(27-16-9-26-28-19(32)18(16)22(23,24)25)12-34-8-7-17(31)29-10-15(3)30(11-14(29)2)20(33)35-21(4,5)6/h9,13-15H,7-8,10-12H2,1-6H3,(H2,27,28,32)/t13-,14-,15-/m0/s1. The molecular weight excluding hydrogens is 471 g/mol. The molecule has 1 aliphatic heterocycles. The van der Waals surface area contributed by atoms with Crippen LogP contribution in [0, 0.1) is 0 Å². The van der Waals surface area contributed by atoms with E-state index in [2.05, 4.69) is 10.4 Å². The monoisotopic (exact) mass is 505 g/mol. The Kier molecular flexibility index (Phi) is 9.15. The van der Waals surface area contributed by atoms with Crippen molar-refractivity contribution in [2.24, 2.45) is 0 Å². The van der Waals surface area contributed by atoms with Gasteiger partial charge in [0.1, 0.15) is 11.2 Å². The smallest absolute Gasteiger partial charge is 0.423 e. The van der Waals surface area contributed by atoms with E-state index in [0.717, 1.165) is 6.20 Å². The molecule has 3 atom stereocenters. The van der Waals surface area contributed by atoms with Crippen molar-refractivity contribution in [2.75, 3.05) is 31.6 Å². The number of alkyl halides is 3. The Hall–Kier alpha value is -2.83. The maximum atomic E-state index is 13.1. The van der Waals surface area contributed by atoms with Crippen molar-refractivity contribution in [2.45, 2.75) is 77.9 Å². The number of aromatic amines is 1. The summed E-state index contributed by atoms with van der Waals surface area (Å²) in [4.78, 5) is 40.0. The van der Waals surface area contributed by atoms with Gasteiger partial charge < -0.3 is 24.6 Å². The second kappa shape index (κ2) is 11.3. The number of aromatic nitrogens is 2. The first-order valence-electron chi connectivity index (χ1n) is 11.4. The third-order valence-corrected chi connectivity index (χ3v) is 5.30. The fourth-order valence-corrected chi connectivity index (χ4v) is 3.71. The van der Waals surface area contributed by atoms with Gasteiger partial charge in [0, 0.05) is 31.2 Å². The summed E-state index contributed by atoms with van der Waals surface area (Å²) in [6, 6.07) is -1.01. The summed E-state index contributed by atoms with van der Waals surface area (Å²) in [5.41, 5.74) is -3.75. The van der Waals surface area contributed by atoms with Crippen LogP contribution in [0.2, 0.25) is 0 Å². The zero-order valence-corrected chi connectivity index (χ0v) is 20.9. The highest BCUT2D eigenvalue weighted by atomic mass is 19.4. The van der Waals surface area contributed by atoms with E-state index in [9.17, 15) is 27.6 Å². The Balaban J connectivity index is 1.82.